The molecule has 25 heavy (non-hydrogen) atoms. The number of fused-ring (bicyclic) bond motifs is 2. The summed E-state index contributed by atoms with van der Waals surface area (Å²) in [7, 11) is 2.97. The highest BCUT2D eigenvalue weighted by Crippen LogP contribution is 2.53. The Kier molecular flexibility index (Phi) is 4.49. The summed E-state index contributed by atoms with van der Waals surface area (Å²) in [5.41, 5.74) is -8.45. The SMILES string of the molecule is COC(=O)CC1(O)C2C(OC)=CC(=O)C1(O)CC(=O)C2(O)C(=O)OC. The first kappa shape index (κ1) is 19.0. The van der Waals surface area contributed by atoms with Crippen molar-refractivity contribution in [1.82, 2.24) is 0 Å². The maximum Gasteiger partial charge on any atom is 0.346 e. The smallest absolute Gasteiger partial charge is 0.346 e. The number of rotatable bonds is 4. The molecule has 2 bridgehead atoms. The molecular formula is C15H18O10. The second kappa shape index (κ2) is 5.90. The molecule has 0 aromatic carbocycles. The third kappa shape index (κ3) is 2.29. The Balaban J connectivity index is 2.79. The first-order valence-electron chi connectivity index (χ1n) is 7.18. The molecule has 0 heterocycles. The van der Waals surface area contributed by atoms with Gasteiger partial charge in [-0.25, -0.2) is 4.79 Å². The normalized spacial score (nSPS) is 37.2. The van der Waals surface area contributed by atoms with Crippen LogP contribution in [0.2, 0.25) is 0 Å². The van der Waals surface area contributed by atoms with Crippen LogP contribution in [0.25, 0.3) is 0 Å². The highest BCUT2D eigenvalue weighted by atomic mass is 16.5. The maximum absolute atomic E-state index is 12.4. The van der Waals surface area contributed by atoms with Crippen LogP contribution in [0, 0.1) is 5.92 Å². The van der Waals surface area contributed by atoms with Crippen LogP contribution in [0.4, 0.5) is 0 Å². The van der Waals surface area contributed by atoms with Crippen molar-refractivity contribution < 1.29 is 48.7 Å². The van der Waals surface area contributed by atoms with E-state index >= 15 is 0 Å². The molecule has 2 rings (SSSR count). The fourth-order valence-electron chi connectivity index (χ4n) is 3.44. The molecule has 0 aromatic rings. The topological polar surface area (TPSA) is 157 Å². The summed E-state index contributed by atoms with van der Waals surface area (Å²) < 4.78 is 13.8. The maximum atomic E-state index is 12.4. The van der Waals surface area contributed by atoms with Crippen molar-refractivity contribution >= 4 is 23.5 Å². The van der Waals surface area contributed by atoms with Crippen LogP contribution in [-0.4, -0.2) is 77.0 Å². The van der Waals surface area contributed by atoms with Crippen LogP contribution in [0.1, 0.15) is 12.8 Å². The second-order valence-electron chi connectivity index (χ2n) is 5.94. The van der Waals surface area contributed by atoms with Gasteiger partial charge in [0.05, 0.1) is 33.7 Å². The predicted molar refractivity (Wildman–Crippen MR) is 76.7 cm³/mol. The molecule has 4 atom stereocenters. The van der Waals surface area contributed by atoms with Gasteiger partial charge in [-0.2, -0.15) is 0 Å². The molecule has 2 aliphatic carbocycles. The molecule has 0 saturated heterocycles. The Morgan fingerprint density at radius 2 is 1.76 bits per heavy atom. The molecule has 0 aromatic heterocycles. The lowest BCUT2D eigenvalue weighted by Gasteiger charge is -2.55. The fraction of sp³-hybridized carbons (Fsp3) is 0.600. The number of esters is 2. The van der Waals surface area contributed by atoms with Gasteiger partial charge < -0.3 is 29.5 Å². The van der Waals surface area contributed by atoms with Crippen LogP contribution in [0.15, 0.2) is 11.8 Å². The third-order valence-corrected chi connectivity index (χ3v) is 4.79. The highest BCUT2D eigenvalue weighted by molar-refractivity contribution is 6.14. The van der Waals surface area contributed by atoms with Crippen LogP contribution >= 0.6 is 0 Å². The summed E-state index contributed by atoms with van der Waals surface area (Å²) in [6, 6.07) is 0. The van der Waals surface area contributed by atoms with Crippen LogP contribution in [-0.2, 0) is 33.4 Å². The number of Topliss-reactive ketones (excluding diaryl/α,β-unsaturated/α-hetero) is 1. The van der Waals surface area contributed by atoms with Gasteiger partial charge in [-0.1, -0.05) is 0 Å². The molecule has 1 fully saturated rings. The van der Waals surface area contributed by atoms with Gasteiger partial charge in [0.15, 0.2) is 17.2 Å². The Bertz CT molecular complexity index is 682. The monoisotopic (exact) mass is 358 g/mol. The molecule has 10 heteroatoms. The number of ether oxygens (including phenoxy) is 3. The minimum atomic E-state index is -2.97. The van der Waals surface area contributed by atoms with Crippen LogP contribution in [0.5, 0.6) is 0 Å². The number of hydrogen-bond donors (Lipinski definition) is 3. The van der Waals surface area contributed by atoms with Gasteiger partial charge in [-0.3, -0.25) is 14.4 Å². The Morgan fingerprint density at radius 1 is 1.16 bits per heavy atom. The van der Waals surface area contributed by atoms with Crippen molar-refractivity contribution in [1.29, 1.82) is 0 Å². The number of methoxy groups -OCH3 is 3. The zero-order valence-corrected chi connectivity index (χ0v) is 13.8. The van der Waals surface area contributed by atoms with Crippen molar-refractivity contribution in [2.45, 2.75) is 29.6 Å². The summed E-state index contributed by atoms with van der Waals surface area (Å²) in [4.78, 5) is 48.6. The fourth-order valence-corrected chi connectivity index (χ4v) is 3.44. The lowest BCUT2D eigenvalue weighted by molar-refractivity contribution is -0.244. The molecule has 4 unspecified atom stereocenters. The molecule has 0 spiro atoms. The van der Waals surface area contributed by atoms with Crippen molar-refractivity contribution in [3.05, 3.63) is 11.8 Å². The molecule has 1 saturated carbocycles. The molecular weight excluding hydrogens is 340 g/mol. The Morgan fingerprint density at radius 3 is 2.24 bits per heavy atom. The molecule has 0 aliphatic heterocycles. The Hall–Kier alpha value is -2.30. The van der Waals surface area contributed by atoms with E-state index < -0.39 is 64.8 Å². The van der Waals surface area contributed by atoms with E-state index in [0.717, 1.165) is 27.4 Å². The minimum absolute atomic E-state index is 0.456. The zero-order valence-electron chi connectivity index (χ0n) is 13.8. The molecule has 2 aliphatic rings. The van der Waals surface area contributed by atoms with Gasteiger partial charge in [-0.05, 0) is 0 Å². The van der Waals surface area contributed by atoms with Gasteiger partial charge in [0.1, 0.15) is 11.4 Å². The first-order valence-corrected chi connectivity index (χ1v) is 7.18. The third-order valence-electron chi connectivity index (χ3n) is 4.79. The quantitative estimate of drug-likeness (QED) is 0.366. The summed E-state index contributed by atoms with van der Waals surface area (Å²) in [5.74, 6) is -7.24. The van der Waals surface area contributed by atoms with Gasteiger partial charge in [0.25, 0.3) is 0 Å². The second-order valence-corrected chi connectivity index (χ2v) is 5.94. The largest absolute Gasteiger partial charge is 0.500 e. The molecule has 0 amide bonds. The number of ketones is 2. The molecule has 138 valence electrons. The summed E-state index contributed by atoms with van der Waals surface area (Å²) in [5, 5.41) is 32.5. The van der Waals surface area contributed by atoms with E-state index in [9.17, 15) is 34.5 Å². The Labute approximate surface area is 142 Å². The summed E-state index contributed by atoms with van der Waals surface area (Å²) in [6.45, 7) is 0. The van der Waals surface area contributed by atoms with E-state index in [1.54, 1.807) is 0 Å². The standard InChI is InChI=1S/C15H18O10/c1-23-7-4-8(16)13(20)5-9(17)15(22,12(19)25-3)11(7)14(13,21)6-10(18)24-2/h4,11,20-22H,5-6H2,1-3H3. The average molecular weight is 358 g/mol. The van der Waals surface area contributed by atoms with Crippen molar-refractivity contribution in [3.8, 4) is 0 Å². The van der Waals surface area contributed by atoms with Gasteiger partial charge in [0, 0.05) is 12.5 Å². The van der Waals surface area contributed by atoms with E-state index in [0.29, 0.717) is 0 Å². The highest BCUT2D eigenvalue weighted by Gasteiger charge is 2.76. The van der Waals surface area contributed by atoms with Crippen LogP contribution in [0.3, 0.4) is 0 Å². The van der Waals surface area contributed by atoms with Gasteiger partial charge >= 0.3 is 11.9 Å². The van der Waals surface area contributed by atoms with E-state index in [1.807, 2.05) is 0 Å². The number of hydrogen-bond acceptors (Lipinski definition) is 10. The number of carbonyl (C=O) groups is 4. The van der Waals surface area contributed by atoms with E-state index in [1.165, 1.54) is 0 Å². The summed E-state index contributed by atoms with van der Waals surface area (Å²) >= 11 is 0. The van der Waals surface area contributed by atoms with Crippen molar-refractivity contribution in [2.24, 2.45) is 5.92 Å². The lowest BCUT2D eigenvalue weighted by atomic mass is 9.53. The minimum Gasteiger partial charge on any atom is -0.500 e. The van der Waals surface area contributed by atoms with Gasteiger partial charge in [-0.15, -0.1) is 0 Å². The number of carbonyl (C=O) groups excluding carboxylic acids is 4. The van der Waals surface area contributed by atoms with Gasteiger partial charge in [0.2, 0.25) is 5.60 Å². The van der Waals surface area contributed by atoms with E-state index in [-0.39, 0.29) is 0 Å². The van der Waals surface area contributed by atoms with Crippen LogP contribution < -0.4 is 0 Å². The van der Waals surface area contributed by atoms with E-state index in [2.05, 4.69) is 9.47 Å². The first-order chi connectivity index (χ1) is 11.5. The summed E-state index contributed by atoms with van der Waals surface area (Å²) in [6.07, 6.45) is -1.32. The van der Waals surface area contributed by atoms with E-state index in [4.69, 9.17) is 4.74 Å². The van der Waals surface area contributed by atoms with Crippen molar-refractivity contribution in [2.75, 3.05) is 21.3 Å². The zero-order chi connectivity index (χ0) is 19.2. The predicted octanol–water partition coefficient (Wildman–Crippen LogP) is -2.38. The lowest BCUT2D eigenvalue weighted by Crippen LogP contribution is -2.78. The average Bonchev–Trinajstić information content (AvgIpc) is 2.56. The number of aliphatic hydroxyl groups is 3. The van der Waals surface area contributed by atoms with Crippen molar-refractivity contribution in [3.63, 3.8) is 0 Å². The molecule has 3 N–H and O–H groups in total. The molecule has 0 radical (unpaired) electrons. The molecule has 10 nitrogen and oxygen atoms in total.